The summed E-state index contributed by atoms with van der Waals surface area (Å²) in [5.74, 6) is 2.00. The van der Waals surface area contributed by atoms with Crippen LogP contribution in [0.15, 0.2) is 12.4 Å². The molecular weight excluding hydrogens is 250 g/mol. The summed E-state index contributed by atoms with van der Waals surface area (Å²) in [6.07, 6.45) is 4.20. The highest BCUT2D eigenvalue weighted by molar-refractivity contribution is 5.85. The fourth-order valence-corrected chi connectivity index (χ4v) is 2.18. The van der Waals surface area contributed by atoms with E-state index in [1.54, 1.807) is 6.33 Å². The molecule has 0 aromatic carbocycles. The molecule has 1 aliphatic heterocycles. The first-order valence-corrected chi connectivity index (χ1v) is 6.38. The molecule has 0 radical (unpaired) electrons. The normalized spacial score (nSPS) is 23.4. The van der Waals surface area contributed by atoms with Crippen molar-refractivity contribution >= 4 is 24.0 Å². The van der Waals surface area contributed by atoms with Crippen LogP contribution >= 0.6 is 12.4 Å². The van der Waals surface area contributed by atoms with Gasteiger partial charge < -0.3 is 15.5 Å². The van der Waals surface area contributed by atoms with E-state index >= 15 is 0 Å². The Balaban J connectivity index is 0.00000120. The Morgan fingerprint density at radius 3 is 2.94 bits per heavy atom. The molecule has 2 aliphatic rings. The standard InChI is InChI=1S/C12H19N5.ClH/c1-9-7-17(5-4-13-9)12-6-11(14-8-15-12)16-10-2-3-10;/h6,8-10,13H,2-5,7H2,1H3,(H,14,15,16);1H. The molecule has 1 aromatic heterocycles. The monoisotopic (exact) mass is 269 g/mol. The van der Waals surface area contributed by atoms with Gasteiger partial charge in [-0.05, 0) is 19.8 Å². The van der Waals surface area contributed by atoms with Crippen molar-refractivity contribution in [1.82, 2.24) is 15.3 Å². The van der Waals surface area contributed by atoms with Gasteiger partial charge in [0, 0.05) is 37.8 Å². The van der Waals surface area contributed by atoms with Crippen LogP contribution in [-0.2, 0) is 0 Å². The van der Waals surface area contributed by atoms with Crippen molar-refractivity contribution in [3.05, 3.63) is 12.4 Å². The van der Waals surface area contributed by atoms with E-state index in [9.17, 15) is 0 Å². The van der Waals surface area contributed by atoms with E-state index in [1.807, 2.05) is 0 Å². The number of aromatic nitrogens is 2. The number of hydrogen-bond donors (Lipinski definition) is 2. The summed E-state index contributed by atoms with van der Waals surface area (Å²) in [6.45, 7) is 5.26. The lowest BCUT2D eigenvalue weighted by atomic mass is 10.2. The molecule has 6 heteroatoms. The first kappa shape index (κ1) is 13.4. The van der Waals surface area contributed by atoms with Gasteiger partial charge in [-0.1, -0.05) is 0 Å². The number of rotatable bonds is 3. The molecule has 18 heavy (non-hydrogen) atoms. The minimum atomic E-state index is 0. The van der Waals surface area contributed by atoms with Gasteiger partial charge >= 0.3 is 0 Å². The number of piperazine rings is 1. The van der Waals surface area contributed by atoms with E-state index in [2.05, 4.69) is 38.5 Å². The minimum Gasteiger partial charge on any atom is -0.367 e. The van der Waals surface area contributed by atoms with Gasteiger partial charge in [-0.2, -0.15) is 0 Å². The fourth-order valence-electron chi connectivity index (χ4n) is 2.18. The van der Waals surface area contributed by atoms with Crippen LogP contribution in [0.2, 0.25) is 0 Å². The van der Waals surface area contributed by atoms with Crippen LogP contribution in [0.4, 0.5) is 11.6 Å². The summed E-state index contributed by atoms with van der Waals surface area (Å²) < 4.78 is 0. The van der Waals surface area contributed by atoms with Gasteiger partial charge in [0.05, 0.1) is 0 Å². The van der Waals surface area contributed by atoms with Crippen molar-refractivity contribution in [2.75, 3.05) is 29.9 Å². The third-order valence-corrected chi connectivity index (χ3v) is 3.27. The second-order valence-corrected chi connectivity index (χ2v) is 4.98. The van der Waals surface area contributed by atoms with Gasteiger partial charge in [-0.3, -0.25) is 0 Å². The van der Waals surface area contributed by atoms with Gasteiger partial charge in [-0.25, -0.2) is 9.97 Å². The summed E-state index contributed by atoms with van der Waals surface area (Å²) >= 11 is 0. The zero-order valence-corrected chi connectivity index (χ0v) is 11.4. The summed E-state index contributed by atoms with van der Waals surface area (Å²) in [5.41, 5.74) is 0. The van der Waals surface area contributed by atoms with Crippen molar-refractivity contribution in [1.29, 1.82) is 0 Å². The van der Waals surface area contributed by atoms with E-state index in [4.69, 9.17) is 0 Å². The maximum absolute atomic E-state index is 4.37. The van der Waals surface area contributed by atoms with E-state index in [-0.39, 0.29) is 12.4 Å². The van der Waals surface area contributed by atoms with Crippen LogP contribution in [0.25, 0.3) is 0 Å². The number of nitrogens with zero attached hydrogens (tertiary/aromatic N) is 3. The number of hydrogen-bond acceptors (Lipinski definition) is 5. The molecule has 2 N–H and O–H groups in total. The van der Waals surface area contributed by atoms with Crippen LogP contribution < -0.4 is 15.5 Å². The second-order valence-electron chi connectivity index (χ2n) is 4.98. The van der Waals surface area contributed by atoms with E-state index in [0.717, 1.165) is 31.3 Å². The van der Waals surface area contributed by atoms with Crippen LogP contribution in [0.3, 0.4) is 0 Å². The predicted octanol–water partition coefficient (Wildman–Crippen LogP) is 1.27. The maximum Gasteiger partial charge on any atom is 0.134 e. The average molecular weight is 270 g/mol. The highest BCUT2D eigenvalue weighted by Crippen LogP contribution is 2.25. The van der Waals surface area contributed by atoms with Gasteiger partial charge in [0.25, 0.3) is 0 Å². The van der Waals surface area contributed by atoms with Crippen molar-refractivity contribution in [2.45, 2.75) is 31.8 Å². The fraction of sp³-hybridized carbons (Fsp3) is 0.667. The van der Waals surface area contributed by atoms with Crippen molar-refractivity contribution in [3.63, 3.8) is 0 Å². The van der Waals surface area contributed by atoms with Crippen molar-refractivity contribution < 1.29 is 0 Å². The minimum absolute atomic E-state index is 0. The maximum atomic E-state index is 4.37. The molecule has 2 heterocycles. The molecule has 2 fully saturated rings. The average Bonchev–Trinajstić information content (AvgIpc) is 3.13. The molecule has 1 saturated heterocycles. The third-order valence-electron chi connectivity index (χ3n) is 3.27. The van der Waals surface area contributed by atoms with Gasteiger partial charge in [-0.15, -0.1) is 12.4 Å². The Morgan fingerprint density at radius 2 is 2.22 bits per heavy atom. The first-order chi connectivity index (χ1) is 8.31. The molecule has 0 amide bonds. The van der Waals surface area contributed by atoms with Crippen LogP contribution in [0.5, 0.6) is 0 Å². The Hall–Kier alpha value is -1.07. The molecule has 0 spiro atoms. The van der Waals surface area contributed by atoms with Crippen LogP contribution in [-0.4, -0.2) is 41.7 Å². The quantitative estimate of drug-likeness (QED) is 0.866. The molecule has 100 valence electrons. The predicted molar refractivity (Wildman–Crippen MR) is 75.6 cm³/mol. The highest BCUT2D eigenvalue weighted by Gasteiger charge is 2.22. The summed E-state index contributed by atoms with van der Waals surface area (Å²) in [7, 11) is 0. The van der Waals surface area contributed by atoms with E-state index < -0.39 is 0 Å². The Morgan fingerprint density at radius 1 is 1.39 bits per heavy atom. The van der Waals surface area contributed by atoms with Crippen LogP contribution in [0.1, 0.15) is 19.8 Å². The van der Waals surface area contributed by atoms with Crippen molar-refractivity contribution in [2.24, 2.45) is 0 Å². The van der Waals surface area contributed by atoms with Gasteiger partial charge in [0.15, 0.2) is 0 Å². The Kier molecular flexibility index (Phi) is 4.24. The van der Waals surface area contributed by atoms with Gasteiger partial charge in [0.2, 0.25) is 0 Å². The summed E-state index contributed by atoms with van der Waals surface area (Å²) in [5, 5.41) is 6.85. The third kappa shape index (κ3) is 3.23. The zero-order valence-electron chi connectivity index (χ0n) is 10.6. The van der Waals surface area contributed by atoms with E-state index in [0.29, 0.717) is 12.1 Å². The van der Waals surface area contributed by atoms with E-state index in [1.165, 1.54) is 12.8 Å². The topological polar surface area (TPSA) is 53.1 Å². The van der Waals surface area contributed by atoms with Crippen LogP contribution in [0, 0.1) is 0 Å². The summed E-state index contributed by atoms with van der Waals surface area (Å²) in [4.78, 5) is 11.0. The molecule has 1 aliphatic carbocycles. The smallest absolute Gasteiger partial charge is 0.134 e. The first-order valence-electron chi connectivity index (χ1n) is 6.38. The lowest BCUT2D eigenvalue weighted by molar-refractivity contribution is 0.482. The molecule has 1 aromatic rings. The zero-order chi connectivity index (χ0) is 11.7. The lowest BCUT2D eigenvalue weighted by Crippen LogP contribution is -2.49. The van der Waals surface area contributed by atoms with Crippen molar-refractivity contribution in [3.8, 4) is 0 Å². The largest absolute Gasteiger partial charge is 0.367 e. The number of anilines is 2. The molecule has 1 unspecified atom stereocenters. The molecule has 5 nitrogen and oxygen atoms in total. The lowest BCUT2D eigenvalue weighted by Gasteiger charge is -2.32. The molecule has 1 saturated carbocycles. The van der Waals surface area contributed by atoms with Gasteiger partial charge in [0.1, 0.15) is 18.0 Å². The second kappa shape index (κ2) is 5.71. The highest BCUT2D eigenvalue weighted by atomic mass is 35.5. The number of nitrogens with one attached hydrogen (secondary N) is 2. The number of halogens is 1. The molecule has 0 bridgehead atoms. The Bertz CT molecular complexity index is 396. The SMILES string of the molecule is CC1CN(c2cc(NC3CC3)ncn2)CCN1.Cl. The molecular formula is C12H20ClN5. The molecule has 3 rings (SSSR count). The Labute approximate surface area is 114 Å². The summed E-state index contributed by atoms with van der Waals surface area (Å²) in [6, 6.07) is 3.23. The molecule has 1 atom stereocenters.